The summed E-state index contributed by atoms with van der Waals surface area (Å²) in [6, 6.07) is 0. The number of hydrogen-bond donors (Lipinski definition) is 0. The molecule has 32 heavy (non-hydrogen) atoms. The van der Waals surface area contributed by atoms with Gasteiger partial charge >= 0.3 is 0 Å². The summed E-state index contributed by atoms with van der Waals surface area (Å²) in [4.78, 5) is 16.8. The van der Waals surface area contributed by atoms with E-state index in [0.29, 0.717) is 17.5 Å². The third-order valence-corrected chi connectivity index (χ3v) is 9.07. The van der Waals surface area contributed by atoms with Crippen molar-refractivity contribution in [2.45, 2.75) is 140 Å². The van der Waals surface area contributed by atoms with E-state index in [0.717, 1.165) is 12.8 Å². The molecule has 1 saturated carbocycles. The first kappa shape index (κ1) is 22.9. The van der Waals surface area contributed by atoms with E-state index in [4.69, 9.17) is 0 Å². The molecule has 3 aliphatic carbocycles. The van der Waals surface area contributed by atoms with Gasteiger partial charge in [0.25, 0.3) is 0 Å². The molecular formula is C28H43B2NO. The van der Waals surface area contributed by atoms with Gasteiger partial charge in [-0.1, -0.05) is 113 Å². The number of rotatable bonds is 0. The van der Waals surface area contributed by atoms with Crippen molar-refractivity contribution in [2.75, 3.05) is 0 Å². The number of hydrogen-bond acceptors (Lipinski definition) is 1. The number of nitrogens with zero attached hydrogens (tertiary/aromatic N) is 1. The van der Waals surface area contributed by atoms with E-state index < -0.39 is 0 Å². The van der Waals surface area contributed by atoms with Gasteiger partial charge in [0.05, 0.1) is 0 Å². The van der Waals surface area contributed by atoms with E-state index in [-0.39, 0.29) is 5.92 Å². The van der Waals surface area contributed by atoms with Crippen LogP contribution < -0.4 is 0 Å². The molecule has 2 radical (unpaired) electrons. The van der Waals surface area contributed by atoms with Gasteiger partial charge in [-0.3, -0.25) is 9.69 Å². The summed E-state index contributed by atoms with van der Waals surface area (Å²) in [6.45, 7) is 0. The molecule has 0 bridgehead atoms. The van der Waals surface area contributed by atoms with E-state index in [1.807, 2.05) is 0 Å². The van der Waals surface area contributed by atoms with E-state index in [1.165, 1.54) is 138 Å². The van der Waals surface area contributed by atoms with Crippen LogP contribution in [0.2, 0.25) is 11.6 Å². The van der Waals surface area contributed by atoms with Crippen LogP contribution in [0.3, 0.4) is 0 Å². The molecule has 5 rings (SSSR count). The van der Waals surface area contributed by atoms with Crippen molar-refractivity contribution in [3.8, 4) is 0 Å². The normalized spacial score (nSPS) is 32.9. The van der Waals surface area contributed by atoms with E-state index in [1.54, 1.807) is 0 Å². The monoisotopic (exact) mass is 431 g/mol. The summed E-state index contributed by atoms with van der Waals surface area (Å²) < 4.78 is 0. The third-order valence-electron chi connectivity index (χ3n) is 9.07. The van der Waals surface area contributed by atoms with Crippen molar-refractivity contribution in [2.24, 2.45) is 5.92 Å². The minimum absolute atomic E-state index is 0.219. The largest absolute Gasteiger partial charge is 0.291 e. The van der Waals surface area contributed by atoms with Gasteiger partial charge in [-0.25, -0.2) is 0 Å². The molecule has 1 saturated heterocycles. The van der Waals surface area contributed by atoms with Gasteiger partial charge in [0.15, 0.2) is 7.28 Å². The molecule has 0 aromatic rings. The first-order valence-corrected chi connectivity index (χ1v) is 14.3. The summed E-state index contributed by atoms with van der Waals surface area (Å²) in [6.07, 6.45) is 25.6. The highest BCUT2D eigenvalue weighted by Gasteiger charge is 2.44. The topological polar surface area (TPSA) is 20.3 Å². The molecule has 2 nitrogen and oxygen atoms in total. The minimum atomic E-state index is 0.219. The zero-order valence-corrected chi connectivity index (χ0v) is 20.4. The van der Waals surface area contributed by atoms with Gasteiger partial charge in [0.1, 0.15) is 7.28 Å². The SMILES string of the molecule is O=C1C2CCCCCCCC2[B]C2CCCCCCCC3=C2N1C1=C([B]3)CCCCCC1. The number of amides is 1. The van der Waals surface area contributed by atoms with E-state index in [9.17, 15) is 4.79 Å². The quantitative estimate of drug-likeness (QED) is 0.360. The van der Waals surface area contributed by atoms with Gasteiger partial charge in [-0.15, -0.1) is 0 Å². The molecule has 2 heterocycles. The molecule has 0 aromatic carbocycles. The molecule has 3 unspecified atom stereocenters. The van der Waals surface area contributed by atoms with Crippen LogP contribution >= 0.6 is 0 Å². The Labute approximate surface area is 198 Å². The zero-order chi connectivity index (χ0) is 21.8. The Morgan fingerprint density at radius 3 is 2.00 bits per heavy atom. The molecule has 2 fully saturated rings. The highest BCUT2D eigenvalue weighted by Crippen LogP contribution is 2.49. The summed E-state index contributed by atoms with van der Waals surface area (Å²) in [7, 11) is 5.30. The van der Waals surface area contributed by atoms with Gasteiger partial charge < -0.3 is 0 Å². The van der Waals surface area contributed by atoms with Gasteiger partial charge in [-0.05, 0) is 37.9 Å². The van der Waals surface area contributed by atoms with Crippen LogP contribution in [0.1, 0.15) is 128 Å². The standard InChI is InChI=1S/C28H43B2NO/c32-28-21-15-9-3-1-4-10-16-22(21)29-24-18-12-5-2-6-13-19-25-27(24)31(28)26-20-14-8-7-11-17-23(26)30-25/h21-22,24H,1-20H2. The maximum Gasteiger partial charge on any atom is 0.233 e. The van der Waals surface area contributed by atoms with Gasteiger partial charge in [-0.2, -0.15) is 0 Å². The highest BCUT2D eigenvalue weighted by molar-refractivity contribution is 6.55. The molecule has 3 atom stereocenters. The Kier molecular flexibility index (Phi) is 7.86. The molecule has 4 heteroatoms. The van der Waals surface area contributed by atoms with Crippen molar-refractivity contribution in [3.05, 3.63) is 22.3 Å². The predicted octanol–water partition coefficient (Wildman–Crippen LogP) is 7.71. The fourth-order valence-corrected chi connectivity index (χ4v) is 7.33. The lowest BCUT2D eigenvalue weighted by Gasteiger charge is -2.40. The van der Waals surface area contributed by atoms with Crippen LogP contribution in [-0.4, -0.2) is 25.4 Å². The predicted molar refractivity (Wildman–Crippen MR) is 136 cm³/mol. The van der Waals surface area contributed by atoms with Crippen LogP contribution in [0.15, 0.2) is 22.3 Å². The van der Waals surface area contributed by atoms with Gasteiger partial charge in [0.2, 0.25) is 5.91 Å². The molecule has 172 valence electrons. The van der Waals surface area contributed by atoms with Crippen molar-refractivity contribution in [1.82, 2.24) is 4.90 Å². The van der Waals surface area contributed by atoms with Gasteiger partial charge in [0, 0.05) is 17.3 Å². The number of allylic oxidation sites excluding steroid dienone is 4. The molecule has 5 aliphatic rings. The Morgan fingerprint density at radius 1 is 0.625 bits per heavy atom. The number of carbonyl (C=O) groups excluding carboxylic acids is 1. The fourth-order valence-electron chi connectivity index (χ4n) is 7.33. The average molecular weight is 431 g/mol. The lowest BCUT2D eigenvalue weighted by Crippen LogP contribution is -2.40. The molecule has 0 aromatic heterocycles. The third kappa shape index (κ3) is 4.95. The second kappa shape index (κ2) is 11.0. The summed E-state index contributed by atoms with van der Waals surface area (Å²) >= 11 is 0. The van der Waals surface area contributed by atoms with Crippen LogP contribution in [0.4, 0.5) is 0 Å². The Bertz CT molecular complexity index is 742. The van der Waals surface area contributed by atoms with Crippen molar-refractivity contribution < 1.29 is 4.79 Å². The fraction of sp³-hybridized carbons (Fsp3) is 0.821. The Hall–Kier alpha value is -0.920. The van der Waals surface area contributed by atoms with E-state index >= 15 is 0 Å². The molecule has 1 amide bonds. The van der Waals surface area contributed by atoms with E-state index in [2.05, 4.69) is 19.5 Å². The highest BCUT2D eigenvalue weighted by atomic mass is 16.2. The Balaban J connectivity index is 1.58. The molecular weight excluding hydrogens is 388 g/mol. The Morgan fingerprint density at radius 2 is 1.22 bits per heavy atom. The first-order valence-electron chi connectivity index (χ1n) is 14.3. The van der Waals surface area contributed by atoms with Crippen LogP contribution in [0.5, 0.6) is 0 Å². The van der Waals surface area contributed by atoms with Crippen LogP contribution in [0, 0.1) is 5.92 Å². The van der Waals surface area contributed by atoms with Crippen molar-refractivity contribution in [3.63, 3.8) is 0 Å². The molecule has 0 N–H and O–H groups in total. The maximum absolute atomic E-state index is 14.5. The second-order valence-electron chi connectivity index (χ2n) is 11.3. The summed E-state index contributed by atoms with van der Waals surface area (Å²) in [5.74, 6) is 1.68. The number of carbonyl (C=O) groups is 1. The molecule has 0 spiro atoms. The van der Waals surface area contributed by atoms with Crippen LogP contribution in [-0.2, 0) is 4.79 Å². The molecule has 2 aliphatic heterocycles. The number of fused-ring (bicyclic) bond motifs is 2. The lowest BCUT2D eigenvalue weighted by atomic mass is 9.46. The minimum Gasteiger partial charge on any atom is -0.291 e. The lowest BCUT2D eigenvalue weighted by molar-refractivity contribution is -0.132. The zero-order valence-electron chi connectivity index (χ0n) is 20.4. The first-order chi connectivity index (χ1) is 15.8. The second-order valence-corrected chi connectivity index (χ2v) is 11.3. The van der Waals surface area contributed by atoms with Crippen LogP contribution in [0.25, 0.3) is 0 Å². The summed E-state index contributed by atoms with van der Waals surface area (Å²) in [5.41, 5.74) is 5.92. The van der Waals surface area contributed by atoms with Crippen molar-refractivity contribution in [1.29, 1.82) is 0 Å². The smallest absolute Gasteiger partial charge is 0.233 e. The average Bonchev–Trinajstić information content (AvgIpc) is 2.84. The maximum atomic E-state index is 14.5. The van der Waals surface area contributed by atoms with Crippen molar-refractivity contribution >= 4 is 20.5 Å². The summed E-state index contributed by atoms with van der Waals surface area (Å²) in [5, 5.41) is 0.